The smallest absolute Gasteiger partial charge is 0.224 e. The lowest BCUT2D eigenvalue weighted by atomic mass is 10.0. The van der Waals surface area contributed by atoms with Gasteiger partial charge in [-0.15, -0.1) is 0 Å². The number of hydrogen-bond acceptors (Lipinski definition) is 4. The Morgan fingerprint density at radius 1 is 1.12 bits per heavy atom. The molecule has 1 N–H and O–H groups in total. The van der Waals surface area contributed by atoms with E-state index in [1.165, 1.54) is 12.1 Å². The molecule has 4 rings (SSSR count). The summed E-state index contributed by atoms with van der Waals surface area (Å²) in [4.78, 5) is 17.3. The summed E-state index contributed by atoms with van der Waals surface area (Å²) in [5.41, 5.74) is 6.15. The van der Waals surface area contributed by atoms with Crippen LogP contribution in [0.5, 0.6) is 5.88 Å². The number of amides is 1. The molecule has 7 heteroatoms. The van der Waals surface area contributed by atoms with Crippen LogP contribution in [0.1, 0.15) is 35.7 Å². The Bertz CT molecular complexity index is 1310. The number of aromatic nitrogens is 3. The summed E-state index contributed by atoms with van der Waals surface area (Å²) in [6.45, 7) is 8.41. The number of aryl methyl sites for hydroxylation is 3. The number of nitrogens with zero attached hydrogens (tertiary/aromatic N) is 3. The van der Waals surface area contributed by atoms with Crippen LogP contribution in [0.4, 0.5) is 10.1 Å². The highest BCUT2D eigenvalue weighted by molar-refractivity contribution is 5.91. The summed E-state index contributed by atoms with van der Waals surface area (Å²) in [5, 5.41) is 8.52. The fourth-order valence-corrected chi connectivity index (χ4v) is 4.02. The Hall–Kier alpha value is -3.74. The maximum atomic E-state index is 13.1. The molecule has 6 nitrogen and oxygen atoms in total. The Morgan fingerprint density at radius 2 is 1.88 bits per heavy atom. The predicted octanol–water partition coefficient (Wildman–Crippen LogP) is 5.45. The van der Waals surface area contributed by atoms with Crippen LogP contribution in [-0.2, 0) is 11.2 Å². The third-order valence-corrected chi connectivity index (χ3v) is 5.59. The van der Waals surface area contributed by atoms with Crippen molar-refractivity contribution >= 4 is 22.6 Å². The van der Waals surface area contributed by atoms with Crippen molar-refractivity contribution in [3.63, 3.8) is 0 Å². The first-order chi connectivity index (χ1) is 15.9. The topological polar surface area (TPSA) is 69.0 Å². The van der Waals surface area contributed by atoms with Crippen LogP contribution in [0.2, 0.25) is 0 Å². The quantitative estimate of drug-likeness (QED) is 0.410. The average Bonchev–Trinajstić information content (AvgIpc) is 3.11. The van der Waals surface area contributed by atoms with Gasteiger partial charge in [0.25, 0.3) is 0 Å². The molecular weight excluding hydrogens is 419 g/mol. The zero-order chi connectivity index (χ0) is 23.5. The van der Waals surface area contributed by atoms with Crippen LogP contribution in [-0.4, -0.2) is 27.3 Å². The second kappa shape index (κ2) is 9.40. The number of halogens is 1. The van der Waals surface area contributed by atoms with Crippen molar-refractivity contribution in [2.24, 2.45) is 0 Å². The Morgan fingerprint density at radius 3 is 2.58 bits per heavy atom. The lowest BCUT2D eigenvalue weighted by molar-refractivity contribution is -0.116. The molecule has 0 aliphatic heterocycles. The Labute approximate surface area is 192 Å². The van der Waals surface area contributed by atoms with Crippen molar-refractivity contribution in [3.8, 4) is 11.6 Å². The van der Waals surface area contributed by atoms with Crippen LogP contribution >= 0.6 is 0 Å². The number of benzene rings is 2. The van der Waals surface area contributed by atoms with Gasteiger partial charge in [0.05, 0.1) is 18.0 Å². The van der Waals surface area contributed by atoms with Crippen molar-refractivity contribution < 1.29 is 13.9 Å². The van der Waals surface area contributed by atoms with Gasteiger partial charge < -0.3 is 10.1 Å². The van der Waals surface area contributed by atoms with Gasteiger partial charge >= 0.3 is 0 Å². The molecule has 0 bridgehead atoms. The van der Waals surface area contributed by atoms with Gasteiger partial charge in [-0.05, 0) is 81.6 Å². The van der Waals surface area contributed by atoms with Crippen molar-refractivity contribution in [1.29, 1.82) is 0 Å². The van der Waals surface area contributed by atoms with E-state index >= 15 is 0 Å². The molecule has 0 aliphatic carbocycles. The van der Waals surface area contributed by atoms with Crippen molar-refractivity contribution in [2.75, 3.05) is 11.9 Å². The van der Waals surface area contributed by atoms with E-state index in [1.807, 2.05) is 50.6 Å². The molecule has 170 valence electrons. The minimum absolute atomic E-state index is 0.157. The zero-order valence-corrected chi connectivity index (χ0v) is 19.3. The second-order valence-electron chi connectivity index (χ2n) is 8.04. The third kappa shape index (κ3) is 4.72. The van der Waals surface area contributed by atoms with Gasteiger partial charge in [0.2, 0.25) is 11.8 Å². The van der Waals surface area contributed by atoms with E-state index in [9.17, 15) is 9.18 Å². The minimum atomic E-state index is -0.342. The monoisotopic (exact) mass is 446 g/mol. The molecule has 4 aromatic rings. The van der Waals surface area contributed by atoms with Crippen LogP contribution in [0.25, 0.3) is 16.7 Å². The summed E-state index contributed by atoms with van der Waals surface area (Å²) in [5.74, 6) is 0.0209. The number of fused-ring (bicyclic) bond motifs is 1. The highest BCUT2D eigenvalue weighted by Gasteiger charge is 2.20. The van der Waals surface area contributed by atoms with Gasteiger partial charge in [0.1, 0.15) is 5.82 Å². The van der Waals surface area contributed by atoms with E-state index in [2.05, 4.69) is 11.4 Å². The molecule has 0 unspecified atom stereocenters. The first kappa shape index (κ1) is 22.5. The Kier molecular flexibility index (Phi) is 6.40. The molecule has 0 spiro atoms. The molecule has 0 saturated heterocycles. The lowest BCUT2D eigenvalue weighted by Crippen LogP contribution is -2.13. The van der Waals surface area contributed by atoms with Crippen LogP contribution in [0.3, 0.4) is 0 Å². The van der Waals surface area contributed by atoms with E-state index in [0.29, 0.717) is 24.6 Å². The van der Waals surface area contributed by atoms with Gasteiger partial charge in [-0.3, -0.25) is 4.79 Å². The van der Waals surface area contributed by atoms with Crippen molar-refractivity contribution in [1.82, 2.24) is 14.8 Å². The number of anilines is 1. The van der Waals surface area contributed by atoms with Gasteiger partial charge in [-0.2, -0.15) is 10.1 Å². The Balaban J connectivity index is 1.67. The number of pyridine rings is 1. The molecule has 2 aromatic carbocycles. The summed E-state index contributed by atoms with van der Waals surface area (Å²) >= 11 is 0. The van der Waals surface area contributed by atoms with Crippen molar-refractivity contribution in [3.05, 3.63) is 76.7 Å². The molecule has 0 atom stereocenters. The average molecular weight is 447 g/mol. The zero-order valence-electron chi connectivity index (χ0n) is 19.3. The highest BCUT2D eigenvalue weighted by atomic mass is 19.1. The molecule has 33 heavy (non-hydrogen) atoms. The van der Waals surface area contributed by atoms with Crippen LogP contribution in [0.15, 0.2) is 48.5 Å². The van der Waals surface area contributed by atoms with Gasteiger partial charge in [-0.25, -0.2) is 9.07 Å². The first-order valence-corrected chi connectivity index (χ1v) is 11.0. The molecule has 0 saturated carbocycles. The second-order valence-corrected chi connectivity index (χ2v) is 8.04. The third-order valence-electron chi connectivity index (χ3n) is 5.59. The predicted molar refractivity (Wildman–Crippen MR) is 128 cm³/mol. The number of hydrogen-bond donors (Lipinski definition) is 1. The molecule has 0 aliphatic rings. The van der Waals surface area contributed by atoms with Crippen LogP contribution in [0, 0.1) is 26.6 Å². The van der Waals surface area contributed by atoms with E-state index in [4.69, 9.17) is 14.8 Å². The number of rotatable bonds is 7. The molecule has 0 radical (unpaired) electrons. The summed E-state index contributed by atoms with van der Waals surface area (Å²) < 4.78 is 20.8. The highest BCUT2D eigenvalue weighted by Crippen LogP contribution is 2.32. The maximum absolute atomic E-state index is 13.1. The number of carbonyl (C=O) groups excluding carboxylic acids is 1. The summed E-state index contributed by atoms with van der Waals surface area (Å²) in [7, 11) is 0. The fraction of sp³-hybridized carbons (Fsp3) is 0.269. The van der Waals surface area contributed by atoms with E-state index in [0.717, 1.165) is 39.1 Å². The molecule has 2 aromatic heterocycles. The van der Waals surface area contributed by atoms with Gasteiger partial charge in [-0.1, -0.05) is 12.1 Å². The molecular formula is C26H27FN4O2. The van der Waals surface area contributed by atoms with Gasteiger partial charge in [0, 0.05) is 23.1 Å². The van der Waals surface area contributed by atoms with Crippen molar-refractivity contribution in [2.45, 2.75) is 40.5 Å². The number of nitrogens with one attached hydrogen (secondary N) is 1. The summed E-state index contributed by atoms with van der Waals surface area (Å²) in [6.07, 6.45) is 0.711. The first-order valence-electron chi connectivity index (χ1n) is 11.0. The summed E-state index contributed by atoms with van der Waals surface area (Å²) in [6, 6.07) is 13.8. The number of carbonyl (C=O) groups is 1. The van der Waals surface area contributed by atoms with Gasteiger partial charge in [0.15, 0.2) is 5.65 Å². The molecule has 0 fully saturated rings. The van der Waals surface area contributed by atoms with E-state index < -0.39 is 0 Å². The number of ether oxygens (including phenoxy) is 1. The standard InChI is InChI=1S/C26H27FN4O2/c1-5-33-26-22(13-14-23(32)28-20-11-9-19(27)10-12-20)17(3)24-18(4)30-31(25(24)29-26)21-8-6-7-16(2)15-21/h6-12,15H,5,13-14H2,1-4H3,(H,28,32). The minimum Gasteiger partial charge on any atom is -0.478 e. The normalized spacial score (nSPS) is 11.1. The lowest BCUT2D eigenvalue weighted by Gasteiger charge is -2.14. The van der Waals surface area contributed by atoms with Crippen LogP contribution < -0.4 is 10.1 Å². The van der Waals surface area contributed by atoms with E-state index in [1.54, 1.807) is 12.1 Å². The maximum Gasteiger partial charge on any atom is 0.224 e. The largest absolute Gasteiger partial charge is 0.478 e. The molecule has 2 heterocycles. The van der Waals surface area contributed by atoms with E-state index in [-0.39, 0.29) is 18.1 Å². The SMILES string of the molecule is CCOc1nc2c(c(C)nn2-c2cccc(C)c2)c(C)c1CCC(=O)Nc1ccc(F)cc1. The fourth-order valence-electron chi connectivity index (χ4n) is 4.02. The molecule has 1 amide bonds.